The van der Waals surface area contributed by atoms with E-state index in [2.05, 4.69) is 118 Å². The van der Waals surface area contributed by atoms with E-state index in [1.807, 2.05) is 72.8 Å². The second-order valence-corrected chi connectivity index (χ2v) is 16.6. The molecule has 0 N–H and O–H groups in total. The van der Waals surface area contributed by atoms with Gasteiger partial charge in [-0.25, -0.2) is 8.78 Å². The van der Waals surface area contributed by atoms with Crippen molar-refractivity contribution in [2.45, 2.75) is 25.7 Å². The van der Waals surface area contributed by atoms with Crippen molar-refractivity contribution >= 4 is 0 Å². The topological polar surface area (TPSA) is 62.5 Å². The van der Waals surface area contributed by atoms with E-state index in [4.69, 9.17) is 0 Å². The molecule has 0 unspecified atom stereocenters. The zero-order valence-electron chi connectivity index (χ0n) is 37.3. The Hall–Kier alpha value is -8.01. The molecule has 0 saturated carbocycles. The first-order valence-electron chi connectivity index (χ1n) is 22.5. The molecule has 0 spiro atoms. The van der Waals surface area contributed by atoms with Crippen LogP contribution in [0.4, 0.5) is 8.78 Å². The number of hydrogen-bond donors (Lipinski definition) is 0. The molecule has 10 rings (SSSR count). The molecule has 0 atom stereocenters. The van der Waals surface area contributed by atoms with Gasteiger partial charge < -0.3 is 15.0 Å². The summed E-state index contributed by atoms with van der Waals surface area (Å²) < 4.78 is 29.9. The third-order valence-electron chi connectivity index (χ3n) is 12.2. The van der Waals surface area contributed by atoms with E-state index in [0.717, 1.165) is 92.8 Å². The molecule has 0 aliphatic rings. The molecule has 332 valence electrons. The van der Waals surface area contributed by atoms with Crippen LogP contribution in [0.2, 0.25) is 0 Å². The molecular weight excluding hydrogens is 1030 g/mol. The largest absolute Gasteiger partial charge is 3.00 e. The molecule has 3 heterocycles. The number of halogens is 2. The van der Waals surface area contributed by atoms with Crippen molar-refractivity contribution in [1.29, 1.82) is 5.26 Å². The minimum Gasteiger partial charge on any atom is -0.305 e. The minimum atomic E-state index is -1.15. The quantitative estimate of drug-likeness (QED) is 0.108. The zero-order valence-corrected chi connectivity index (χ0v) is 39.7. The van der Waals surface area contributed by atoms with Gasteiger partial charge in [0, 0.05) is 24.2 Å². The molecular formula is C62H41F2IrN4. The summed E-state index contributed by atoms with van der Waals surface area (Å²) in [6.45, 7) is 0. The fourth-order valence-corrected chi connectivity index (χ4v) is 8.65. The third-order valence-corrected chi connectivity index (χ3v) is 12.2. The summed E-state index contributed by atoms with van der Waals surface area (Å²) in [6, 6.07) is 72.2. The van der Waals surface area contributed by atoms with Gasteiger partial charge in [-0.2, -0.15) is 5.26 Å². The standard InChI is InChI=1S/C62H41F2N4.Ir/c63-61-51(41-65)31-32-54(62(61)64)46-26-28-47(29-27-46)57-40-50(60-13-5-8-36-68-60)30-33-56(57)55-10-2-1-9-53(55)52-38-44(16-14-42-18-22-48(23-19-42)58-11-3-6-34-66-58)37-45(39-52)17-15-43-20-24-49(25-21-43)59-12-4-7-35-67-59;/h1-13,18-22,24,26-29,31-40H,14-17H2;/q-3;+3. The van der Waals surface area contributed by atoms with Crippen LogP contribution in [0.25, 0.3) is 78.3 Å². The van der Waals surface area contributed by atoms with E-state index < -0.39 is 11.6 Å². The predicted octanol–water partition coefficient (Wildman–Crippen LogP) is 14.7. The Morgan fingerprint density at radius 1 is 0.391 bits per heavy atom. The number of hydrogen-bond acceptors (Lipinski definition) is 4. The Kier molecular flexibility index (Phi) is 14.2. The zero-order chi connectivity index (χ0) is 46.2. The number of nitrogens with zero attached hydrogens (tertiary/aromatic N) is 4. The van der Waals surface area contributed by atoms with Crippen LogP contribution in [0, 0.1) is 41.2 Å². The number of aromatic nitrogens is 3. The molecule has 0 aliphatic heterocycles. The third kappa shape index (κ3) is 10.4. The fourth-order valence-electron chi connectivity index (χ4n) is 8.65. The van der Waals surface area contributed by atoms with Crippen LogP contribution in [0.15, 0.2) is 201 Å². The van der Waals surface area contributed by atoms with Gasteiger partial charge in [-0.3, -0.25) is 0 Å². The number of aryl methyl sites for hydroxylation is 4. The normalized spacial score (nSPS) is 10.9. The van der Waals surface area contributed by atoms with Gasteiger partial charge in [-0.05, 0) is 93.6 Å². The minimum absolute atomic E-state index is 0. The van der Waals surface area contributed by atoms with E-state index in [1.165, 1.54) is 34.4 Å². The number of nitriles is 1. The van der Waals surface area contributed by atoms with Crippen molar-refractivity contribution in [2.24, 2.45) is 0 Å². The average molecular weight is 1070 g/mol. The second-order valence-electron chi connectivity index (χ2n) is 16.6. The van der Waals surface area contributed by atoms with E-state index in [9.17, 15) is 9.65 Å². The molecule has 69 heavy (non-hydrogen) atoms. The number of benzene rings is 7. The fraction of sp³-hybridized carbons (Fsp3) is 0.0645. The maximum atomic E-state index is 15.2. The summed E-state index contributed by atoms with van der Waals surface area (Å²) in [7, 11) is 0. The Labute approximate surface area is 415 Å². The number of rotatable bonds is 13. The summed E-state index contributed by atoms with van der Waals surface area (Å²) in [5, 5.41) is 9.25. The van der Waals surface area contributed by atoms with Crippen molar-refractivity contribution in [3.8, 4) is 84.3 Å². The monoisotopic (exact) mass is 1070 g/mol. The SMILES string of the molecule is N#Cc1ccc(-c2ccc(-c3cc(-c4ccccn4)[c-]cc3-c3ccccc3-c3cc(CCc4c[c-]c(-c5ccccn5)cc4)cc(CCc4c[c-]c(-c5ccccn5)cc4)c3)cc2)c(F)c1F.[Ir+3]. The van der Waals surface area contributed by atoms with Crippen LogP contribution in [0.5, 0.6) is 0 Å². The van der Waals surface area contributed by atoms with Gasteiger partial charge in [-0.1, -0.05) is 133 Å². The second kappa shape index (κ2) is 21.3. The van der Waals surface area contributed by atoms with Crippen LogP contribution in [-0.2, 0) is 45.8 Å². The van der Waals surface area contributed by atoms with E-state index in [1.54, 1.807) is 36.8 Å². The molecule has 0 bridgehead atoms. The first-order chi connectivity index (χ1) is 33.5. The molecule has 10 aromatic rings. The van der Waals surface area contributed by atoms with E-state index in [-0.39, 0.29) is 31.2 Å². The summed E-state index contributed by atoms with van der Waals surface area (Å²) in [5.74, 6) is -2.20. The summed E-state index contributed by atoms with van der Waals surface area (Å²) in [5.41, 5.74) is 16.5. The van der Waals surface area contributed by atoms with Crippen molar-refractivity contribution in [3.63, 3.8) is 0 Å². The van der Waals surface area contributed by atoms with E-state index >= 15 is 4.39 Å². The Balaban J connectivity index is 0.00000593. The Morgan fingerprint density at radius 2 is 0.884 bits per heavy atom. The van der Waals surface area contributed by atoms with Gasteiger partial charge >= 0.3 is 20.1 Å². The maximum absolute atomic E-state index is 15.2. The molecule has 0 aliphatic carbocycles. The molecule has 0 fully saturated rings. The van der Waals surface area contributed by atoms with Gasteiger partial charge in [0.15, 0.2) is 11.6 Å². The summed E-state index contributed by atoms with van der Waals surface area (Å²) in [6.07, 6.45) is 8.72. The molecule has 4 nitrogen and oxygen atoms in total. The van der Waals surface area contributed by atoms with Gasteiger partial charge in [0.05, 0.1) is 5.56 Å². The maximum Gasteiger partial charge on any atom is 3.00 e. The van der Waals surface area contributed by atoms with Gasteiger partial charge in [-0.15, -0.1) is 94.5 Å². The molecule has 7 aromatic carbocycles. The Bertz CT molecular complexity index is 3290. The smallest absolute Gasteiger partial charge is 0.305 e. The molecule has 0 saturated heterocycles. The molecule has 0 amide bonds. The van der Waals surface area contributed by atoms with Gasteiger partial charge in [0.1, 0.15) is 6.07 Å². The average Bonchev–Trinajstić information content (AvgIpc) is 3.41. The van der Waals surface area contributed by atoms with Crippen LogP contribution < -0.4 is 0 Å². The van der Waals surface area contributed by atoms with Crippen LogP contribution in [0.1, 0.15) is 27.8 Å². The van der Waals surface area contributed by atoms with Gasteiger partial charge in [0.25, 0.3) is 0 Å². The van der Waals surface area contributed by atoms with Crippen LogP contribution >= 0.6 is 0 Å². The molecule has 3 aromatic heterocycles. The van der Waals surface area contributed by atoms with Gasteiger partial charge in [0.2, 0.25) is 0 Å². The van der Waals surface area contributed by atoms with Crippen molar-refractivity contribution in [2.75, 3.05) is 0 Å². The van der Waals surface area contributed by atoms with E-state index in [0.29, 0.717) is 5.56 Å². The summed E-state index contributed by atoms with van der Waals surface area (Å²) >= 11 is 0. The Morgan fingerprint density at radius 3 is 1.39 bits per heavy atom. The van der Waals surface area contributed by atoms with Crippen molar-refractivity contribution in [1.82, 2.24) is 15.0 Å². The van der Waals surface area contributed by atoms with Crippen LogP contribution in [0.3, 0.4) is 0 Å². The number of pyridine rings is 3. The molecule has 0 radical (unpaired) electrons. The summed E-state index contributed by atoms with van der Waals surface area (Å²) in [4.78, 5) is 13.6. The first-order valence-corrected chi connectivity index (χ1v) is 22.5. The van der Waals surface area contributed by atoms with Crippen LogP contribution in [-0.4, -0.2) is 15.0 Å². The first kappa shape index (κ1) is 46.1. The van der Waals surface area contributed by atoms with Crippen molar-refractivity contribution in [3.05, 3.63) is 258 Å². The van der Waals surface area contributed by atoms with Crippen molar-refractivity contribution < 1.29 is 28.9 Å². The predicted molar refractivity (Wildman–Crippen MR) is 267 cm³/mol. The molecule has 7 heteroatoms.